The molecule has 74 valence electrons. The summed E-state index contributed by atoms with van der Waals surface area (Å²) in [5.41, 5.74) is -0.285. The maximum Gasteiger partial charge on any atom is 0.314 e. The fraction of sp³-hybridized carbons (Fsp3) is 0.900. The molecule has 0 aromatic rings. The fourth-order valence-electron chi connectivity index (χ4n) is 2.72. The van der Waals surface area contributed by atoms with E-state index >= 15 is 0 Å². The molecule has 0 bridgehead atoms. The Bertz CT molecular complexity index is 214. The number of esters is 1. The third-order valence-corrected chi connectivity index (χ3v) is 3.38. The third-order valence-electron chi connectivity index (χ3n) is 3.38. The van der Waals surface area contributed by atoms with Gasteiger partial charge in [0.1, 0.15) is 0 Å². The van der Waals surface area contributed by atoms with Gasteiger partial charge >= 0.3 is 5.97 Å². The van der Waals surface area contributed by atoms with E-state index < -0.39 is 0 Å². The summed E-state index contributed by atoms with van der Waals surface area (Å²) in [7, 11) is 1.47. The summed E-state index contributed by atoms with van der Waals surface area (Å²) < 4.78 is 10.5. The zero-order chi connectivity index (χ0) is 9.31. The molecule has 0 N–H and O–H groups in total. The van der Waals surface area contributed by atoms with E-state index in [2.05, 4.69) is 0 Å². The van der Waals surface area contributed by atoms with E-state index in [-0.39, 0.29) is 17.5 Å². The van der Waals surface area contributed by atoms with E-state index in [0.29, 0.717) is 0 Å². The van der Waals surface area contributed by atoms with Crippen LogP contribution < -0.4 is 0 Å². The highest BCUT2D eigenvalue weighted by Gasteiger charge is 2.51. The molecule has 1 heterocycles. The molecular formula is C10H16O3. The van der Waals surface area contributed by atoms with E-state index in [9.17, 15) is 4.79 Å². The first kappa shape index (κ1) is 9.00. The van der Waals surface area contributed by atoms with Gasteiger partial charge in [0.05, 0.1) is 18.6 Å². The summed E-state index contributed by atoms with van der Waals surface area (Å²) in [6, 6.07) is 0. The Hall–Kier alpha value is -0.570. The average Bonchev–Trinajstić information content (AvgIpc) is 2.61. The van der Waals surface area contributed by atoms with Crippen molar-refractivity contribution in [1.29, 1.82) is 0 Å². The van der Waals surface area contributed by atoms with Crippen molar-refractivity contribution in [2.45, 2.75) is 38.2 Å². The van der Waals surface area contributed by atoms with E-state index in [1.54, 1.807) is 0 Å². The Labute approximate surface area is 78.4 Å². The Balaban J connectivity index is 2.20. The molecule has 0 unspecified atom stereocenters. The van der Waals surface area contributed by atoms with Crippen LogP contribution >= 0.6 is 0 Å². The Morgan fingerprint density at radius 3 is 3.00 bits per heavy atom. The lowest BCUT2D eigenvalue weighted by Gasteiger charge is -2.36. The number of rotatable bonds is 1. The standard InChI is InChI=1S/C10H16O3/c1-12-9(11)10-5-2-4-8(10)13-7-3-6-10/h8H,2-7H2,1H3/t8-,10+/m0/s1. The number of carbonyl (C=O) groups excluding carboxylic acids is 1. The van der Waals surface area contributed by atoms with Crippen LogP contribution in [0.5, 0.6) is 0 Å². The van der Waals surface area contributed by atoms with Crippen molar-refractivity contribution in [1.82, 2.24) is 0 Å². The van der Waals surface area contributed by atoms with Gasteiger partial charge in [-0.15, -0.1) is 0 Å². The van der Waals surface area contributed by atoms with Gasteiger partial charge < -0.3 is 9.47 Å². The Kier molecular flexibility index (Phi) is 2.28. The fourth-order valence-corrected chi connectivity index (χ4v) is 2.72. The molecule has 3 nitrogen and oxygen atoms in total. The monoisotopic (exact) mass is 184 g/mol. The first-order valence-corrected chi connectivity index (χ1v) is 4.99. The number of hydrogen-bond acceptors (Lipinski definition) is 3. The number of fused-ring (bicyclic) bond motifs is 1. The summed E-state index contributed by atoms with van der Waals surface area (Å²) in [6.07, 6.45) is 5.14. The number of ether oxygens (including phenoxy) is 2. The molecule has 0 aromatic carbocycles. The molecule has 1 aliphatic heterocycles. The summed E-state index contributed by atoms with van der Waals surface area (Å²) in [6.45, 7) is 0.809. The van der Waals surface area contributed by atoms with Crippen LogP contribution in [0.25, 0.3) is 0 Å². The van der Waals surface area contributed by atoms with Crippen molar-refractivity contribution >= 4 is 5.97 Å². The second-order valence-electron chi connectivity index (χ2n) is 4.00. The molecule has 1 aliphatic carbocycles. The maximum absolute atomic E-state index is 11.7. The van der Waals surface area contributed by atoms with Crippen LogP contribution in [0.2, 0.25) is 0 Å². The smallest absolute Gasteiger partial charge is 0.314 e. The van der Waals surface area contributed by atoms with Crippen LogP contribution in [0.15, 0.2) is 0 Å². The highest BCUT2D eigenvalue weighted by atomic mass is 16.5. The van der Waals surface area contributed by atoms with Crippen molar-refractivity contribution in [2.24, 2.45) is 5.41 Å². The molecule has 2 fully saturated rings. The molecule has 1 saturated heterocycles. The second-order valence-corrected chi connectivity index (χ2v) is 4.00. The van der Waals surface area contributed by atoms with Gasteiger partial charge in [-0.2, -0.15) is 0 Å². The van der Waals surface area contributed by atoms with E-state index in [0.717, 1.165) is 38.7 Å². The third kappa shape index (κ3) is 1.26. The number of methoxy groups -OCH3 is 1. The van der Waals surface area contributed by atoms with Crippen molar-refractivity contribution in [2.75, 3.05) is 13.7 Å². The largest absolute Gasteiger partial charge is 0.469 e. The van der Waals surface area contributed by atoms with Gasteiger partial charge in [0.2, 0.25) is 0 Å². The van der Waals surface area contributed by atoms with E-state index in [4.69, 9.17) is 9.47 Å². The predicted molar refractivity (Wildman–Crippen MR) is 47.3 cm³/mol. The molecule has 0 aromatic heterocycles. The van der Waals surface area contributed by atoms with Gasteiger partial charge in [-0.05, 0) is 32.1 Å². The molecule has 2 atom stereocenters. The molecule has 0 amide bonds. The lowest BCUT2D eigenvalue weighted by molar-refractivity contribution is -0.167. The van der Waals surface area contributed by atoms with Gasteiger partial charge in [-0.3, -0.25) is 4.79 Å². The molecule has 3 heteroatoms. The summed E-state index contributed by atoms with van der Waals surface area (Å²) >= 11 is 0. The van der Waals surface area contributed by atoms with Crippen molar-refractivity contribution in [3.63, 3.8) is 0 Å². The molecule has 2 aliphatic rings. The SMILES string of the molecule is COC(=O)[C@]12CCCO[C@H]1CCC2. The van der Waals surface area contributed by atoms with Crippen molar-refractivity contribution in [3.05, 3.63) is 0 Å². The zero-order valence-electron chi connectivity index (χ0n) is 8.04. The summed E-state index contributed by atoms with van der Waals surface area (Å²) in [5.74, 6) is -0.0605. The van der Waals surface area contributed by atoms with Gasteiger partial charge in [0, 0.05) is 6.61 Å². The normalized spacial score (nSPS) is 38.4. The van der Waals surface area contributed by atoms with Crippen LogP contribution in [-0.2, 0) is 14.3 Å². The summed E-state index contributed by atoms with van der Waals surface area (Å²) in [5, 5.41) is 0. The zero-order valence-corrected chi connectivity index (χ0v) is 8.04. The minimum absolute atomic E-state index is 0.0605. The molecule has 0 spiro atoms. The van der Waals surface area contributed by atoms with Crippen LogP contribution in [0.3, 0.4) is 0 Å². The van der Waals surface area contributed by atoms with Crippen LogP contribution in [0.1, 0.15) is 32.1 Å². The second kappa shape index (κ2) is 3.29. The minimum atomic E-state index is -0.285. The van der Waals surface area contributed by atoms with Crippen molar-refractivity contribution in [3.8, 4) is 0 Å². The van der Waals surface area contributed by atoms with Crippen LogP contribution in [-0.4, -0.2) is 25.8 Å². The lowest BCUT2D eigenvalue weighted by Crippen LogP contribution is -2.44. The Morgan fingerprint density at radius 2 is 2.23 bits per heavy atom. The Morgan fingerprint density at radius 1 is 1.46 bits per heavy atom. The quantitative estimate of drug-likeness (QED) is 0.579. The van der Waals surface area contributed by atoms with Crippen LogP contribution in [0, 0.1) is 5.41 Å². The van der Waals surface area contributed by atoms with Gasteiger partial charge in [0.15, 0.2) is 0 Å². The first-order valence-electron chi connectivity index (χ1n) is 4.99. The number of hydrogen-bond donors (Lipinski definition) is 0. The molecule has 1 saturated carbocycles. The summed E-state index contributed by atoms with van der Waals surface area (Å²) in [4.78, 5) is 11.7. The topological polar surface area (TPSA) is 35.5 Å². The highest BCUT2D eigenvalue weighted by Crippen LogP contribution is 2.47. The molecule has 13 heavy (non-hydrogen) atoms. The molecule has 0 radical (unpaired) electrons. The minimum Gasteiger partial charge on any atom is -0.469 e. The van der Waals surface area contributed by atoms with Gasteiger partial charge in [-0.1, -0.05) is 0 Å². The average molecular weight is 184 g/mol. The van der Waals surface area contributed by atoms with Gasteiger partial charge in [0.25, 0.3) is 0 Å². The predicted octanol–water partition coefficient (Wildman–Crippen LogP) is 1.51. The van der Waals surface area contributed by atoms with Crippen LogP contribution in [0.4, 0.5) is 0 Å². The first-order chi connectivity index (χ1) is 6.29. The maximum atomic E-state index is 11.7. The molecule has 2 rings (SSSR count). The van der Waals surface area contributed by atoms with E-state index in [1.165, 1.54) is 7.11 Å². The number of carbonyl (C=O) groups is 1. The van der Waals surface area contributed by atoms with Gasteiger partial charge in [-0.25, -0.2) is 0 Å². The van der Waals surface area contributed by atoms with E-state index in [1.807, 2.05) is 0 Å². The lowest BCUT2D eigenvalue weighted by atomic mass is 9.78. The van der Waals surface area contributed by atoms with Crippen molar-refractivity contribution < 1.29 is 14.3 Å². The highest BCUT2D eigenvalue weighted by molar-refractivity contribution is 5.78. The molecular weight excluding hydrogens is 168 g/mol.